The van der Waals surface area contributed by atoms with Gasteiger partial charge in [-0.25, -0.2) is 4.98 Å². The van der Waals surface area contributed by atoms with Crippen LogP contribution < -0.4 is 10.1 Å². The number of benzene rings is 1. The first-order valence-corrected chi connectivity index (χ1v) is 5.54. The number of methoxy groups -OCH3 is 1. The van der Waals surface area contributed by atoms with Gasteiger partial charge in [0.2, 0.25) is 0 Å². The lowest BCUT2D eigenvalue weighted by Crippen LogP contribution is -2.13. The van der Waals surface area contributed by atoms with E-state index in [1.165, 1.54) is 12.3 Å². The summed E-state index contributed by atoms with van der Waals surface area (Å²) in [6, 6.07) is 12.0. The molecule has 2 rings (SSSR count). The van der Waals surface area contributed by atoms with Crippen LogP contribution in [0.5, 0.6) is 5.75 Å². The topological polar surface area (TPSA) is 75.0 Å². The Hall–Kier alpha value is -2.87. The maximum atomic E-state index is 11.9. The van der Waals surface area contributed by atoms with Crippen molar-refractivity contribution < 1.29 is 9.53 Å². The van der Waals surface area contributed by atoms with Crippen molar-refractivity contribution in [1.82, 2.24) is 4.98 Å². The molecule has 0 spiro atoms. The first-order valence-electron chi connectivity index (χ1n) is 5.54. The van der Waals surface area contributed by atoms with Gasteiger partial charge in [-0.3, -0.25) is 4.79 Å². The van der Waals surface area contributed by atoms with Crippen LogP contribution in [0, 0.1) is 11.3 Å². The zero-order chi connectivity index (χ0) is 13.7. The van der Waals surface area contributed by atoms with Crippen LogP contribution in [0.2, 0.25) is 0 Å². The van der Waals surface area contributed by atoms with Gasteiger partial charge in [-0.2, -0.15) is 5.26 Å². The molecule has 0 atom stereocenters. The van der Waals surface area contributed by atoms with E-state index in [1.54, 1.807) is 37.4 Å². The molecule has 19 heavy (non-hydrogen) atoms. The fourth-order valence-electron chi connectivity index (χ4n) is 1.49. The van der Waals surface area contributed by atoms with Gasteiger partial charge in [0.1, 0.15) is 17.5 Å². The fourth-order valence-corrected chi connectivity index (χ4v) is 1.49. The summed E-state index contributed by atoms with van der Waals surface area (Å²) in [5.41, 5.74) is 1.29. The lowest BCUT2D eigenvalue weighted by atomic mass is 10.2. The first kappa shape index (κ1) is 12.6. The smallest absolute Gasteiger partial charge is 0.274 e. The number of ether oxygens (including phenoxy) is 1. The molecule has 94 valence electrons. The molecule has 1 heterocycles. The predicted molar refractivity (Wildman–Crippen MR) is 69.9 cm³/mol. The predicted octanol–water partition coefficient (Wildman–Crippen LogP) is 2.21. The van der Waals surface area contributed by atoms with Crippen molar-refractivity contribution >= 4 is 11.6 Å². The summed E-state index contributed by atoms with van der Waals surface area (Å²) in [6.45, 7) is 0. The highest BCUT2D eigenvalue weighted by Gasteiger charge is 2.07. The van der Waals surface area contributed by atoms with E-state index in [0.717, 1.165) is 0 Å². The third-order valence-corrected chi connectivity index (χ3v) is 2.45. The lowest BCUT2D eigenvalue weighted by molar-refractivity contribution is 0.102. The molecule has 5 nitrogen and oxygen atoms in total. The summed E-state index contributed by atoms with van der Waals surface area (Å²) in [6.07, 6.45) is 1.36. The average Bonchev–Trinajstić information content (AvgIpc) is 2.47. The number of nitrogens with zero attached hydrogens (tertiary/aromatic N) is 2. The second-order valence-electron chi connectivity index (χ2n) is 3.73. The standard InChI is InChI=1S/C14H11N3O2/c1-19-12-4-2-3-11(7-12)17-14(18)13-6-5-10(8-15)9-16-13/h2-7,9H,1H3,(H,17,18). The summed E-state index contributed by atoms with van der Waals surface area (Å²) in [4.78, 5) is 15.8. The Labute approximate surface area is 110 Å². The summed E-state index contributed by atoms with van der Waals surface area (Å²) in [7, 11) is 1.56. The van der Waals surface area contributed by atoms with E-state index in [1.807, 2.05) is 6.07 Å². The van der Waals surface area contributed by atoms with E-state index in [-0.39, 0.29) is 11.6 Å². The average molecular weight is 253 g/mol. The molecule has 0 fully saturated rings. The second-order valence-corrected chi connectivity index (χ2v) is 3.73. The number of nitriles is 1. The van der Waals surface area contributed by atoms with E-state index in [4.69, 9.17) is 10.00 Å². The minimum absolute atomic E-state index is 0.252. The zero-order valence-corrected chi connectivity index (χ0v) is 10.3. The molecule has 1 N–H and O–H groups in total. The Kier molecular flexibility index (Phi) is 3.74. The third kappa shape index (κ3) is 3.07. The maximum Gasteiger partial charge on any atom is 0.274 e. The molecular weight excluding hydrogens is 242 g/mol. The van der Waals surface area contributed by atoms with E-state index >= 15 is 0 Å². The van der Waals surface area contributed by atoms with Crippen molar-refractivity contribution in [2.75, 3.05) is 12.4 Å². The van der Waals surface area contributed by atoms with Crippen LogP contribution in [0.4, 0.5) is 5.69 Å². The van der Waals surface area contributed by atoms with Crippen LogP contribution in [-0.4, -0.2) is 18.0 Å². The first-order chi connectivity index (χ1) is 9.22. The fraction of sp³-hybridized carbons (Fsp3) is 0.0714. The summed E-state index contributed by atoms with van der Waals surface area (Å²) >= 11 is 0. The van der Waals surface area contributed by atoms with Crippen molar-refractivity contribution in [3.63, 3.8) is 0 Å². The number of rotatable bonds is 3. The van der Waals surface area contributed by atoms with Gasteiger partial charge in [-0.15, -0.1) is 0 Å². The summed E-state index contributed by atoms with van der Waals surface area (Å²) < 4.78 is 5.07. The molecule has 1 aromatic heterocycles. The molecule has 5 heteroatoms. The van der Waals surface area contributed by atoms with Gasteiger partial charge in [0.15, 0.2) is 0 Å². The monoisotopic (exact) mass is 253 g/mol. The molecule has 0 radical (unpaired) electrons. The number of hydrogen-bond donors (Lipinski definition) is 1. The summed E-state index contributed by atoms with van der Waals surface area (Å²) in [5, 5.41) is 11.4. The van der Waals surface area contributed by atoms with E-state index in [9.17, 15) is 4.79 Å². The van der Waals surface area contributed by atoms with Crippen LogP contribution in [-0.2, 0) is 0 Å². The van der Waals surface area contributed by atoms with E-state index < -0.39 is 0 Å². The number of aromatic nitrogens is 1. The largest absolute Gasteiger partial charge is 0.497 e. The molecule has 1 amide bonds. The Morgan fingerprint density at radius 3 is 2.84 bits per heavy atom. The number of carbonyl (C=O) groups excluding carboxylic acids is 1. The number of pyridine rings is 1. The molecule has 1 aromatic carbocycles. The zero-order valence-electron chi connectivity index (χ0n) is 10.3. The van der Waals surface area contributed by atoms with Crippen molar-refractivity contribution in [1.29, 1.82) is 5.26 Å². The lowest BCUT2D eigenvalue weighted by Gasteiger charge is -2.06. The molecule has 0 aliphatic rings. The van der Waals surface area contributed by atoms with Crippen molar-refractivity contribution in [2.45, 2.75) is 0 Å². The number of hydrogen-bond acceptors (Lipinski definition) is 4. The minimum Gasteiger partial charge on any atom is -0.497 e. The Morgan fingerprint density at radius 2 is 2.21 bits per heavy atom. The van der Waals surface area contributed by atoms with Crippen molar-refractivity contribution in [3.05, 3.63) is 53.9 Å². The SMILES string of the molecule is COc1cccc(NC(=O)c2ccc(C#N)cn2)c1. The summed E-state index contributed by atoms with van der Waals surface area (Å²) in [5.74, 6) is 0.323. The minimum atomic E-state index is -0.335. The van der Waals surface area contributed by atoms with Crippen LogP contribution in [0.15, 0.2) is 42.6 Å². The second kappa shape index (κ2) is 5.65. The van der Waals surface area contributed by atoms with Gasteiger partial charge < -0.3 is 10.1 Å². The van der Waals surface area contributed by atoms with Crippen LogP contribution in [0.3, 0.4) is 0 Å². The maximum absolute atomic E-state index is 11.9. The Bertz CT molecular complexity index is 630. The van der Waals surface area contributed by atoms with Gasteiger partial charge >= 0.3 is 0 Å². The van der Waals surface area contributed by atoms with Crippen LogP contribution >= 0.6 is 0 Å². The van der Waals surface area contributed by atoms with E-state index in [0.29, 0.717) is 17.0 Å². The third-order valence-electron chi connectivity index (χ3n) is 2.45. The Balaban J connectivity index is 2.13. The number of amides is 1. The van der Waals surface area contributed by atoms with Gasteiger partial charge in [0.05, 0.1) is 12.7 Å². The molecule has 0 unspecified atom stereocenters. The molecule has 2 aromatic rings. The molecule has 0 aliphatic carbocycles. The van der Waals surface area contributed by atoms with E-state index in [2.05, 4.69) is 10.3 Å². The van der Waals surface area contributed by atoms with Gasteiger partial charge in [-0.1, -0.05) is 6.07 Å². The highest BCUT2D eigenvalue weighted by Crippen LogP contribution is 2.17. The number of nitrogens with one attached hydrogen (secondary N) is 1. The van der Waals surface area contributed by atoms with Gasteiger partial charge in [-0.05, 0) is 24.3 Å². The number of anilines is 1. The van der Waals surface area contributed by atoms with Crippen molar-refractivity contribution in [2.24, 2.45) is 0 Å². The quantitative estimate of drug-likeness (QED) is 0.910. The molecule has 0 saturated carbocycles. The van der Waals surface area contributed by atoms with Gasteiger partial charge in [0.25, 0.3) is 5.91 Å². The van der Waals surface area contributed by atoms with Crippen molar-refractivity contribution in [3.8, 4) is 11.8 Å². The molecule has 0 saturated heterocycles. The van der Waals surface area contributed by atoms with Gasteiger partial charge in [0, 0.05) is 18.0 Å². The highest BCUT2D eigenvalue weighted by atomic mass is 16.5. The molecular formula is C14H11N3O2. The number of carbonyl (C=O) groups is 1. The molecule has 0 bridgehead atoms. The molecule has 0 aliphatic heterocycles. The van der Waals surface area contributed by atoms with Crippen LogP contribution in [0.1, 0.15) is 16.1 Å². The Morgan fingerprint density at radius 1 is 1.37 bits per heavy atom. The normalized spacial score (nSPS) is 9.47. The highest BCUT2D eigenvalue weighted by molar-refractivity contribution is 6.02. The van der Waals surface area contributed by atoms with Crippen LogP contribution in [0.25, 0.3) is 0 Å².